The number of allylic oxidation sites excluding steroid dienone is 1. The summed E-state index contributed by atoms with van der Waals surface area (Å²) in [7, 11) is 0. The summed E-state index contributed by atoms with van der Waals surface area (Å²) < 4.78 is 0. The third-order valence-electron chi connectivity index (χ3n) is 1.17. The predicted molar refractivity (Wildman–Crippen MR) is 49.6 cm³/mol. The summed E-state index contributed by atoms with van der Waals surface area (Å²) in [6.07, 6.45) is 7.05. The van der Waals surface area contributed by atoms with Gasteiger partial charge in [-0.25, -0.2) is 9.97 Å². The molecule has 1 rings (SSSR count). The minimum absolute atomic E-state index is 0.200. The molecule has 3 nitrogen and oxygen atoms in total. The minimum Gasteiger partial charge on any atom is -0.227 e. The van der Waals surface area contributed by atoms with Crippen LogP contribution in [0.3, 0.4) is 0 Å². The molecule has 60 valence electrons. The van der Waals surface area contributed by atoms with Crippen molar-refractivity contribution in [2.24, 2.45) is 0 Å². The molecule has 1 heterocycles. The van der Waals surface area contributed by atoms with Gasteiger partial charge in [0.15, 0.2) is 0 Å². The normalized spacial score (nSPS) is 10.0. The van der Waals surface area contributed by atoms with Crippen LogP contribution in [0.2, 0.25) is 0 Å². The fourth-order valence-corrected chi connectivity index (χ4v) is 0.849. The van der Waals surface area contributed by atoms with Crippen molar-refractivity contribution in [3.63, 3.8) is 0 Å². The Hall–Kier alpha value is -1.21. The third-order valence-corrected chi connectivity index (χ3v) is 1.55. The van der Waals surface area contributed by atoms with Gasteiger partial charge in [0.25, 0.3) is 0 Å². The Labute approximate surface area is 78.9 Å². The zero-order chi connectivity index (χ0) is 8.81. The number of nitrogens with zero attached hydrogens (tertiary/aromatic N) is 3. The SMILES string of the molecule is N#Cc1ncc(C=CCBr)cn1. The van der Waals surface area contributed by atoms with Gasteiger partial charge in [0, 0.05) is 23.3 Å². The summed E-state index contributed by atoms with van der Waals surface area (Å²) in [6, 6.07) is 1.85. The molecule has 0 spiro atoms. The lowest BCUT2D eigenvalue weighted by atomic mass is 10.3. The molecule has 0 radical (unpaired) electrons. The van der Waals surface area contributed by atoms with Crippen molar-refractivity contribution in [3.05, 3.63) is 29.9 Å². The molecule has 0 fully saturated rings. The number of hydrogen-bond acceptors (Lipinski definition) is 3. The first-order valence-corrected chi connectivity index (χ1v) is 4.43. The maximum Gasteiger partial charge on any atom is 0.232 e. The van der Waals surface area contributed by atoms with Crippen LogP contribution in [0.25, 0.3) is 6.08 Å². The Bertz CT molecular complexity index is 310. The van der Waals surface area contributed by atoms with Crippen LogP contribution in [0.4, 0.5) is 0 Å². The van der Waals surface area contributed by atoms with Crippen molar-refractivity contribution in [2.75, 3.05) is 5.33 Å². The first kappa shape index (κ1) is 8.88. The topological polar surface area (TPSA) is 49.6 Å². The van der Waals surface area contributed by atoms with E-state index in [0.717, 1.165) is 10.9 Å². The maximum atomic E-state index is 8.40. The van der Waals surface area contributed by atoms with Crippen LogP contribution in [-0.2, 0) is 0 Å². The van der Waals surface area contributed by atoms with Crippen LogP contribution >= 0.6 is 15.9 Å². The first-order chi connectivity index (χ1) is 5.86. The predicted octanol–water partition coefficient (Wildman–Crippen LogP) is 1.76. The number of halogens is 1. The highest BCUT2D eigenvalue weighted by atomic mass is 79.9. The zero-order valence-electron chi connectivity index (χ0n) is 6.24. The Morgan fingerprint density at radius 3 is 2.67 bits per heavy atom. The van der Waals surface area contributed by atoms with Gasteiger partial charge < -0.3 is 0 Å². The van der Waals surface area contributed by atoms with Gasteiger partial charge in [-0.1, -0.05) is 28.1 Å². The Kier molecular flexibility index (Phi) is 3.42. The van der Waals surface area contributed by atoms with Gasteiger partial charge in [0.2, 0.25) is 5.82 Å². The number of nitriles is 1. The van der Waals surface area contributed by atoms with E-state index in [2.05, 4.69) is 25.9 Å². The summed E-state index contributed by atoms with van der Waals surface area (Å²) >= 11 is 3.26. The summed E-state index contributed by atoms with van der Waals surface area (Å²) in [5, 5.41) is 9.20. The first-order valence-electron chi connectivity index (χ1n) is 3.31. The molecule has 0 aliphatic heterocycles. The monoisotopic (exact) mass is 223 g/mol. The van der Waals surface area contributed by atoms with E-state index in [-0.39, 0.29) is 5.82 Å². The minimum atomic E-state index is 0.200. The number of alkyl halides is 1. The largest absolute Gasteiger partial charge is 0.232 e. The third kappa shape index (κ3) is 2.44. The number of hydrogen-bond donors (Lipinski definition) is 0. The molecule has 0 saturated heterocycles. The fraction of sp³-hybridized carbons (Fsp3) is 0.125. The van der Waals surface area contributed by atoms with E-state index in [4.69, 9.17) is 5.26 Å². The summed E-state index contributed by atoms with van der Waals surface area (Å²) in [6.45, 7) is 0. The molecular formula is C8H6BrN3. The van der Waals surface area contributed by atoms with Crippen LogP contribution < -0.4 is 0 Å². The van der Waals surface area contributed by atoms with Gasteiger partial charge in [0.1, 0.15) is 6.07 Å². The molecule has 0 aromatic carbocycles. The van der Waals surface area contributed by atoms with Gasteiger partial charge in [-0.2, -0.15) is 5.26 Å². The van der Waals surface area contributed by atoms with E-state index < -0.39 is 0 Å². The van der Waals surface area contributed by atoms with E-state index >= 15 is 0 Å². The Balaban J connectivity index is 2.80. The second kappa shape index (κ2) is 4.62. The van der Waals surface area contributed by atoms with Crippen LogP contribution in [0, 0.1) is 11.3 Å². The molecule has 4 heteroatoms. The quantitative estimate of drug-likeness (QED) is 0.719. The standard InChI is InChI=1S/C8H6BrN3/c9-3-1-2-7-5-11-8(4-10)12-6-7/h1-2,5-6H,3H2. The molecule has 0 N–H and O–H groups in total. The highest BCUT2D eigenvalue weighted by Gasteiger charge is 1.91. The van der Waals surface area contributed by atoms with Crippen molar-refractivity contribution < 1.29 is 0 Å². The number of rotatable bonds is 2. The molecule has 0 unspecified atom stereocenters. The molecule has 1 aromatic rings. The Morgan fingerprint density at radius 1 is 1.50 bits per heavy atom. The van der Waals surface area contributed by atoms with E-state index in [9.17, 15) is 0 Å². The van der Waals surface area contributed by atoms with E-state index in [1.807, 2.05) is 18.2 Å². The van der Waals surface area contributed by atoms with Crippen molar-refractivity contribution in [2.45, 2.75) is 0 Å². The van der Waals surface area contributed by atoms with Gasteiger partial charge in [-0.15, -0.1) is 0 Å². The van der Waals surface area contributed by atoms with E-state index in [1.54, 1.807) is 12.4 Å². The van der Waals surface area contributed by atoms with E-state index in [0.29, 0.717) is 0 Å². The summed E-state index contributed by atoms with van der Waals surface area (Å²) in [5.74, 6) is 0.200. The van der Waals surface area contributed by atoms with Crippen molar-refractivity contribution in [3.8, 4) is 6.07 Å². The summed E-state index contributed by atoms with van der Waals surface area (Å²) in [4.78, 5) is 7.62. The Morgan fingerprint density at radius 2 is 2.17 bits per heavy atom. The van der Waals surface area contributed by atoms with Gasteiger partial charge >= 0.3 is 0 Å². The molecule has 0 atom stereocenters. The fourth-order valence-electron chi connectivity index (χ4n) is 0.662. The molecule has 0 amide bonds. The summed E-state index contributed by atoms with van der Waals surface area (Å²) in [5.41, 5.74) is 0.897. The van der Waals surface area contributed by atoms with Gasteiger partial charge in [0.05, 0.1) is 0 Å². The molecule has 0 saturated carbocycles. The smallest absolute Gasteiger partial charge is 0.227 e. The van der Waals surface area contributed by atoms with Crippen LogP contribution in [-0.4, -0.2) is 15.3 Å². The van der Waals surface area contributed by atoms with Gasteiger partial charge in [-0.05, 0) is 0 Å². The second-order valence-electron chi connectivity index (χ2n) is 2.01. The molecular weight excluding hydrogens is 218 g/mol. The average Bonchev–Trinajstić information content (AvgIpc) is 2.15. The highest BCUT2D eigenvalue weighted by molar-refractivity contribution is 9.09. The molecule has 12 heavy (non-hydrogen) atoms. The average molecular weight is 224 g/mol. The van der Waals surface area contributed by atoms with Crippen molar-refractivity contribution in [1.29, 1.82) is 5.26 Å². The zero-order valence-corrected chi connectivity index (χ0v) is 7.82. The van der Waals surface area contributed by atoms with Crippen LogP contribution in [0.1, 0.15) is 11.4 Å². The lowest BCUT2D eigenvalue weighted by Gasteiger charge is -1.89. The molecule has 1 aromatic heterocycles. The van der Waals surface area contributed by atoms with Crippen LogP contribution in [0.15, 0.2) is 18.5 Å². The lowest BCUT2D eigenvalue weighted by Crippen LogP contribution is -1.87. The molecule has 0 aliphatic carbocycles. The number of aromatic nitrogens is 2. The van der Waals surface area contributed by atoms with Crippen molar-refractivity contribution in [1.82, 2.24) is 9.97 Å². The highest BCUT2D eigenvalue weighted by Crippen LogP contribution is 1.98. The van der Waals surface area contributed by atoms with E-state index in [1.165, 1.54) is 0 Å². The molecule has 0 aliphatic rings. The second-order valence-corrected chi connectivity index (χ2v) is 2.66. The molecule has 0 bridgehead atoms. The lowest BCUT2D eigenvalue weighted by molar-refractivity contribution is 1.11. The van der Waals surface area contributed by atoms with Crippen molar-refractivity contribution >= 4 is 22.0 Å². The van der Waals surface area contributed by atoms with Crippen LogP contribution in [0.5, 0.6) is 0 Å². The van der Waals surface area contributed by atoms with Gasteiger partial charge in [-0.3, -0.25) is 0 Å². The maximum absolute atomic E-state index is 8.40.